The maximum Gasteiger partial charge on any atom is 0.237 e. The average Bonchev–Trinajstić information content (AvgIpc) is 2.40. The van der Waals surface area contributed by atoms with Gasteiger partial charge in [-0.25, -0.2) is 0 Å². The van der Waals surface area contributed by atoms with Crippen LogP contribution in [-0.2, 0) is 0 Å². The van der Waals surface area contributed by atoms with Gasteiger partial charge >= 0.3 is 0 Å². The summed E-state index contributed by atoms with van der Waals surface area (Å²) in [6.45, 7) is 1.92. The lowest BCUT2D eigenvalue weighted by Gasteiger charge is -2.06. The Hall–Kier alpha value is -2.92. The van der Waals surface area contributed by atoms with Gasteiger partial charge in [0.15, 0.2) is 0 Å². The van der Waals surface area contributed by atoms with E-state index in [2.05, 4.69) is 15.5 Å². The van der Waals surface area contributed by atoms with Crippen molar-refractivity contribution in [1.29, 1.82) is 10.5 Å². The Labute approximate surface area is 104 Å². The summed E-state index contributed by atoms with van der Waals surface area (Å²) in [5.74, 6) is 0. The van der Waals surface area contributed by atoms with Crippen LogP contribution < -0.4 is 5.43 Å². The molecule has 1 aromatic heterocycles. The van der Waals surface area contributed by atoms with Gasteiger partial charge in [-0.15, -0.1) is 0 Å². The summed E-state index contributed by atoms with van der Waals surface area (Å²) >= 11 is 0. The normalized spacial score (nSPS) is 9.28. The largest absolute Gasteiger partial charge is 0.276 e. The molecule has 0 aliphatic carbocycles. The van der Waals surface area contributed by atoms with E-state index < -0.39 is 0 Å². The van der Waals surface area contributed by atoms with Gasteiger partial charge in [0, 0.05) is 11.6 Å². The van der Waals surface area contributed by atoms with Gasteiger partial charge in [-0.3, -0.25) is 10.4 Å². The number of aryl methyl sites for hydroxylation is 1. The van der Waals surface area contributed by atoms with E-state index in [1.54, 1.807) is 18.3 Å². The summed E-state index contributed by atoms with van der Waals surface area (Å²) < 4.78 is 0. The first-order valence-electron chi connectivity index (χ1n) is 5.24. The fraction of sp³-hybridized carbons (Fsp3) is 0.0769. The molecule has 2 rings (SSSR count). The molecule has 0 spiro atoms. The van der Waals surface area contributed by atoms with Gasteiger partial charge < -0.3 is 0 Å². The third-order valence-electron chi connectivity index (χ3n) is 2.45. The molecule has 0 atom stereocenters. The second kappa shape index (κ2) is 4.94. The lowest BCUT2D eigenvalue weighted by molar-refractivity contribution is 1.30. The lowest BCUT2D eigenvalue weighted by atomic mass is 10.1. The quantitative estimate of drug-likeness (QED) is 0.639. The Balaban J connectivity index is 2.41. The minimum Gasteiger partial charge on any atom is -0.276 e. The van der Waals surface area contributed by atoms with Crippen molar-refractivity contribution in [1.82, 2.24) is 4.98 Å². The maximum absolute atomic E-state index is 8.59. The summed E-state index contributed by atoms with van der Waals surface area (Å²) in [5, 5.41) is 21.9. The molecule has 0 radical (unpaired) electrons. The number of benzene rings is 1. The van der Waals surface area contributed by atoms with Crippen LogP contribution in [0.3, 0.4) is 0 Å². The molecule has 0 fully saturated rings. The number of nitrogens with zero attached hydrogens (tertiary/aromatic N) is 4. The Morgan fingerprint density at radius 1 is 1.33 bits per heavy atom. The van der Waals surface area contributed by atoms with Crippen LogP contribution >= 0.6 is 0 Å². The molecule has 0 saturated heterocycles. The number of hydrogen-bond donors (Lipinski definition) is 1. The van der Waals surface area contributed by atoms with Crippen molar-refractivity contribution in [2.75, 3.05) is 5.43 Å². The molecule has 0 unspecified atom stereocenters. The minimum atomic E-state index is -0.212. The third kappa shape index (κ3) is 2.26. The van der Waals surface area contributed by atoms with Gasteiger partial charge in [0.05, 0.1) is 11.2 Å². The molecule has 86 valence electrons. The van der Waals surface area contributed by atoms with Gasteiger partial charge in [-0.2, -0.15) is 15.6 Å². The topological polar surface area (TPSA) is 84.9 Å². The van der Waals surface area contributed by atoms with Crippen LogP contribution in [0, 0.1) is 29.6 Å². The van der Waals surface area contributed by atoms with E-state index in [0.717, 1.165) is 22.2 Å². The van der Waals surface area contributed by atoms with Gasteiger partial charge in [-0.05, 0) is 30.7 Å². The summed E-state index contributed by atoms with van der Waals surface area (Å²) in [5.41, 5.74) is 5.02. The molecule has 5 nitrogen and oxygen atoms in total. The van der Waals surface area contributed by atoms with Crippen molar-refractivity contribution in [3.63, 3.8) is 0 Å². The molecule has 5 heteroatoms. The van der Waals surface area contributed by atoms with Crippen LogP contribution in [0.25, 0.3) is 10.9 Å². The monoisotopic (exact) mass is 235 g/mol. The van der Waals surface area contributed by atoms with E-state index in [1.807, 2.05) is 31.2 Å². The fourth-order valence-corrected chi connectivity index (χ4v) is 1.55. The van der Waals surface area contributed by atoms with Crippen LogP contribution in [0.2, 0.25) is 0 Å². The predicted octanol–water partition coefficient (Wildman–Crippen LogP) is 2.36. The van der Waals surface area contributed by atoms with E-state index in [0.29, 0.717) is 0 Å². The zero-order chi connectivity index (χ0) is 13.0. The summed E-state index contributed by atoms with van der Waals surface area (Å²) in [6, 6.07) is 11.0. The molecular weight excluding hydrogens is 226 g/mol. The van der Waals surface area contributed by atoms with E-state index in [1.165, 1.54) is 0 Å². The van der Waals surface area contributed by atoms with E-state index >= 15 is 0 Å². The molecular formula is C13H9N5. The number of anilines is 1. The number of nitrogens with one attached hydrogen (secondary N) is 1. The zero-order valence-electron chi connectivity index (χ0n) is 9.68. The average molecular weight is 235 g/mol. The summed E-state index contributed by atoms with van der Waals surface area (Å²) in [6.07, 6.45) is 1.71. The second-order valence-electron chi connectivity index (χ2n) is 3.66. The zero-order valence-corrected chi connectivity index (χ0v) is 9.68. The minimum absolute atomic E-state index is 0.212. The summed E-state index contributed by atoms with van der Waals surface area (Å²) in [4.78, 5) is 4.23. The fourth-order valence-electron chi connectivity index (χ4n) is 1.55. The number of pyridine rings is 1. The van der Waals surface area contributed by atoms with E-state index in [4.69, 9.17) is 10.5 Å². The van der Waals surface area contributed by atoms with E-state index in [9.17, 15) is 0 Å². The first-order valence-corrected chi connectivity index (χ1v) is 5.24. The molecule has 0 saturated carbocycles. The molecule has 0 aliphatic heterocycles. The standard InChI is InChI=1S/C13H9N5/c1-9-5-10-3-2-4-16-13(10)6-12(9)18-17-11(7-14)8-15/h2-6,18H,1H3. The molecule has 1 N–H and O–H groups in total. The number of aromatic nitrogens is 1. The van der Waals surface area contributed by atoms with Gasteiger partial charge in [0.25, 0.3) is 0 Å². The molecule has 0 bridgehead atoms. The molecule has 1 aromatic carbocycles. The van der Waals surface area contributed by atoms with Gasteiger partial charge in [0.2, 0.25) is 5.71 Å². The molecule has 0 aliphatic rings. The van der Waals surface area contributed by atoms with Crippen molar-refractivity contribution in [3.05, 3.63) is 36.0 Å². The lowest BCUT2D eigenvalue weighted by Crippen LogP contribution is -1.98. The van der Waals surface area contributed by atoms with Crippen LogP contribution in [-0.4, -0.2) is 10.7 Å². The van der Waals surface area contributed by atoms with Crippen LogP contribution in [0.1, 0.15) is 5.56 Å². The van der Waals surface area contributed by atoms with Crippen LogP contribution in [0.4, 0.5) is 5.69 Å². The molecule has 0 amide bonds. The number of nitriles is 2. The third-order valence-corrected chi connectivity index (χ3v) is 2.45. The first-order chi connectivity index (χ1) is 8.74. The predicted molar refractivity (Wildman–Crippen MR) is 68.8 cm³/mol. The van der Waals surface area contributed by atoms with E-state index in [-0.39, 0.29) is 5.71 Å². The maximum atomic E-state index is 8.59. The van der Waals surface area contributed by atoms with Crippen molar-refractivity contribution in [3.8, 4) is 12.1 Å². The van der Waals surface area contributed by atoms with Crippen molar-refractivity contribution in [2.45, 2.75) is 6.92 Å². The SMILES string of the molecule is Cc1cc2cccnc2cc1NN=C(C#N)C#N. The highest BCUT2D eigenvalue weighted by Crippen LogP contribution is 2.21. The smallest absolute Gasteiger partial charge is 0.237 e. The number of rotatable bonds is 2. The summed E-state index contributed by atoms with van der Waals surface area (Å²) in [7, 11) is 0. The molecule has 1 heterocycles. The Bertz CT molecular complexity index is 687. The highest BCUT2D eigenvalue weighted by atomic mass is 15.3. The Morgan fingerprint density at radius 2 is 2.11 bits per heavy atom. The number of fused-ring (bicyclic) bond motifs is 1. The number of hydrogen-bond acceptors (Lipinski definition) is 5. The van der Waals surface area contributed by atoms with Crippen LogP contribution in [0.5, 0.6) is 0 Å². The van der Waals surface area contributed by atoms with Crippen molar-refractivity contribution < 1.29 is 0 Å². The highest BCUT2D eigenvalue weighted by Gasteiger charge is 2.02. The van der Waals surface area contributed by atoms with Crippen LogP contribution in [0.15, 0.2) is 35.6 Å². The highest BCUT2D eigenvalue weighted by molar-refractivity contribution is 6.10. The van der Waals surface area contributed by atoms with Crippen molar-refractivity contribution >= 4 is 22.3 Å². The van der Waals surface area contributed by atoms with Gasteiger partial charge in [0.1, 0.15) is 12.1 Å². The van der Waals surface area contributed by atoms with Crippen molar-refractivity contribution in [2.24, 2.45) is 5.10 Å². The first kappa shape index (κ1) is 11.6. The molecule has 18 heavy (non-hydrogen) atoms. The molecule has 2 aromatic rings. The van der Waals surface area contributed by atoms with Gasteiger partial charge in [-0.1, -0.05) is 6.07 Å². The Morgan fingerprint density at radius 3 is 2.83 bits per heavy atom. The second-order valence-corrected chi connectivity index (χ2v) is 3.66. The number of hydrazone groups is 1. The Kier molecular flexibility index (Phi) is 3.17.